The van der Waals surface area contributed by atoms with E-state index >= 15 is 0 Å². The molecule has 3 rings (SSSR count). The van der Waals surface area contributed by atoms with Crippen LogP contribution in [0, 0.1) is 5.82 Å². The van der Waals surface area contributed by atoms with Crippen molar-refractivity contribution in [2.24, 2.45) is 5.73 Å². The molecule has 2 N–H and O–H groups in total. The van der Waals surface area contributed by atoms with Gasteiger partial charge >= 0.3 is 0 Å². The van der Waals surface area contributed by atoms with Crippen molar-refractivity contribution in [2.45, 2.75) is 32.1 Å². The molecule has 0 saturated heterocycles. The number of benzene rings is 2. The van der Waals surface area contributed by atoms with Gasteiger partial charge in [-0.15, -0.1) is 0 Å². The summed E-state index contributed by atoms with van der Waals surface area (Å²) in [5, 5.41) is 0. The van der Waals surface area contributed by atoms with E-state index in [2.05, 4.69) is 39.0 Å². The lowest BCUT2D eigenvalue weighted by Gasteiger charge is -2.21. The minimum Gasteiger partial charge on any atom is -0.330 e. The monoisotopic (exact) mass is 269 g/mol. The Morgan fingerprint density at radius 2 is 1.60 bits per heavy atom. The molecule has 20 heavy (non-hydrogen) atoms. The zero-order valence-corrected chi connectivity index (χ0v) is 12.2. The van der Waals surface area contributed by atoms with E-state index in [9.17, 15) is 4.39 Å². The second kappa shape index (κ2) is 4.42. The van der Waals surface area contributed by atoms with E-state index in [1.54, 1.807) is 6.07 Å². The zero-order chi connectivity index (χ0) is 14.5. The van der Waals surface area contributed by atoms with Crippen molar-refractivity contribution in [1.82, 2.24) is 0 Å². The first-order chi connectivity index (χ1) is 9.41. The molecule has 0 amide bonds. The molecular formula is C18H20FN. The standard InChI is InChI=1S/C18H20FN/c1-18(2,3)11-4-6-13-14-7-5-12(19)9-16(14)17(10-20)15(13)8-11/h4-9,17H,10,20H2,1-3H3. The molecule has 2 heteroatoms. The van der Waals surface area contributed by atoms with Gasteiger partial charge in [-0.2, -0.15) is 0 Å². The first kappa shape index (κ1) is 13.3. The molecule has 1 unspecified atom stereocenters. The van der Waals surface area contributed by atoms with Gasteiger partial charge in [0.05, 0.1) is 0 Å². The van der Waals surface area contributed by atoms with E-state index in [1.807, 2.05) is 6.07 Å². The Kier molecular flexibility index (Phi) is 2.94. The van der Waals surface area contributed by atoms with Crippen molar-refractivity contribution in [3.8, 4) is 11.1 Å². The fourth-order valence-electron chi connectivity index (χ4n) is 3.05. The summed E-state index contributed by atoms with van der Waals surface area (Å²) in [6.07, 6.45) is 0. The largest absolute Gasteiger partial charge is 0.330 e. The first-order valence-electron chi connectivity index (χ1n) is 7.06. The molecule has 1 aliphatic rings. The number of fused-ring (bicyclic) bond motifs is 3. The summed E-state index contributed by atoms with van der Waals surface area (Å²) in [7, 11) is 0. The van der Waals surface area contributed by atoms with Crippen molar-refractivity contribution in [3.63, 3.8) is 0 Å². The smallest absolute Gasteiger partial charge is 0.123 e. The molecule has 0 heterocycles. The van der Waals surface area contributed by atoms with Crippen LogP contribution in [0.15, 0.2) is 36.4 Å². The highest BCUT2D eigenvalue weighted by molar-refractivity contribution is 5.79. The van der Waals surface area contributed by atoms with E-state index in [4.69, 9.17) is 5.73 Å². The van der Waals surface area contributed by atoms with Crippen LogP contribution in [-0.4, -0.2) is 6.54 Å². The molecule has 0 aromatic heterocycles. The second-order valence-corrected chi connectivity index (χ2v) is 6.57. The third kappa shape index (κ3) is 1.95. The lowest BCUT2D eigenvalue weighted by molar-refractivity contribution is 0.589. The van der Waals surface area contributed by atoms with E-state index < -0.39 is 0 Å². The van der Waals surface area contributed by atoms with Gasteiger partial charge in [-0.3, -0.25) is 0 Å². The fourth-order valence-corrected chi connectivity index (χ4v) is 3.05. The predicted octanol–water partition coefficient (Wildman–Crippen LogP) is 4.19. The molecule has 0 fully saturated rings. The first-order valence-corrected chi connectivity index (χ1v) is 7.06. The fraction of sp³-hybridized carbons (Fsp3) is 0.333. The minimum absolute atomic E-state index is 0.105. The van der Waals surface area contributed by atoms with Crippen molar-refractivity contribution in [2.75, 3.05) is 6.54 Å². The van der Waals surface area contributed by atoms with Gasteiger partial charge in [0.25, 0.3) is 0 Å². The normalized spacial score (nSPS) is 16.9. The predicted molar refractivity (Wildman–Crippen MR) is 81.4 cm³/mol. The molecule has 104 valence electrons. The molecule has 0 radical (unpaired) electrons. The Morgan fingerprint density at radius 3 is 2.20 bits per heavy atom. The highest BCUT2D eigenvalue weighted by Crippen LogP contribution is 2.45. The maximum atomic E-state index is 13.5. The quantitative estimate of drug-likeness (QED) is 0.825. The molecule has 0 bridgehead atoms. The summed E-state index contributed by atoms with van der Waals surface area (Å²) in [5.74, 6) is -0.0796. The summed E-state index contributed by atoms with van der Waals surface area (Å²) in [5.41, 5.74) is 11.9. The number of rotatable bonds is 1. The molecule has 0 aliphatic heterocycles. The van der Waals surface area contributed by atoms with Crippen LogP contribution in [0.4, 0.5) is 4.39 Å². The lowest BCUT2D eigenvalue weighted by atomic mass is 9.84. The Bertz CT molecular complexity index is 668. The Labute approximate surface area is 119 Å². The second-order valence-electron chi connectivity index (χ2n) is 6.57. The van der Waals surface area contributed by atoms with Gasteiger partial charge in [0.1, 0.15) is 5.82 Å². The number of hydrogen-bond donors (Lipinski definition) is 1. The summed E-state index contributed by atoms with van der Waals surface area (Å²) in [4.78, 5) is 0. The van der Waals surface area contributed by atoms with Crippen LogP contribution in [0.3, 0.4) is 0 Å². The Morgan fingerprint density at radius 1 is 1.00 bits per heavy atom. The van der Waals surface area contributed by atoms with Gasteiger partial charge in [-0.1, -0.05) is 45.0 Å². The van der Waals surface area contributed by atoms with Crippen molar-refractivity contribution in [3.05, 3.63) is 58.9 Å². The van der Waals surface area contributed by atoms with Gasteiger partial charge in [-0.05, 0) is 45.4 Å². The van der Waals surface area contributed by atoms with Crippen LogP contribution < -0.4 is 5.73 Å². The Balaban J connectivity index is 2.21. The average Bonchev–Trinajstić information content (AvgIpc) is 2.69. The molecule has 0 spiro atoms. The molecule has 2 aromatic carbocycles. The minimum atomic E-state index is -0.189. The third-order valence-corrected chi connectivity index (χ3v) is 4.21. The SMILES string of the molecule is CC(C)(C)c1ccc2c(c1)C(CN)c1cc(F)ccc1-2. The molecule has 1 atom stereocenters. The molecular weight excluding hydrogens is 249 g/mol. The molecule has 0 saturated carbocycles. The third-order valence-electron chi connectivity index (χ3n) is 4.21. The molecule has 1 nitrogen and oxygen atoms in total. The lowest BCUT2D eigenvalue weighted by Crippen LogP contribution is -2.14. The van der Waals surface area contributed by atoms with Crippen LogP contribution in [0.25, 0.3) is 11.1 Å². The van der Waals surface area contributed by atoms with Crippen LogP contribution >= 0.6 is 0 Å². The van der Waals surface area contributed by atoms with Gasteiger partial charge < -0.3 is 5.73 Å². The Hall–Kier alpha value is -1.67. The summed E-state index contributed by atoms with van der Waals surface area (Å²) >= 11 is 0. The molecule has 1 aliphatic carbocycles. The summed E-state index contributed by atoms with van der Waals surface area (Å²) in [6, 6.07) is 11.6. The van der Waals surface area contributed by atoms with E-state index in [0.717, 1.165) is 11.1 Å². The van der Waals surface area contributed by atoms with E-state index in [-0.39, 0.29) is 17.2 Å². The van der Waals surface area contributed by atoms with Crippen LogP contribution in [0.2, 0.25) is 0 Å². The maximum absolute atomic E-state index is 13.5. The van der Waals surface area contributed by atoms with Gasteiger partial charge in [0.2, 0.25) is 0 Å². The maximum Gasteiger partial charge on any atom is 0.123 e. The summed E-state index contributed by atoms with van der Waals surface area (Å²) < 4.78 is 13.5. The number of halogens is 1. The highest BCUT2D eigenvalue weighted by atomic mass is 19.1. The van der Waals surface area contributed by atoms with Crippen LogP contribution in [-0.2, 0) is 5.41 Å². The topological polar surface area (TPSA) is 26.0 Å². The van der Waals surface area contributed by atoms with E-state index in [0.29, 0.717) is 6.54 Å². The van der Waals surface area contributed by atoms with Crippen LogP contribution in [0.1, 0.15) is 43.4 Å². The molecule has 2 aromatic rings. The van der Waals surface area contributed by atoms with Crippen molar-refractivity contribution in [1.29, 1.82) is 0 Å². The van der Waals surface area contributed by atoms with Gasteiger partial charge in [0, 0.05) is 12.5 Å². The van der Waals surface area contributed by atoms with Crippen LogP contribution in [0.5, 0.6) is 0 Å². The zero-order valence-electron chi connectivity index (χ0n) is 12.2. The van der Waals surface area contributed by atoms with Crippen molar-refractivity contribution >= 4 is 0 Å². The number of hydrogen-bond acceptors (Lipinski definition) is 1. The highest BCUT2D eigenvalue weighted by Gasteiger charge is 2.29. The van der Waals surface area contributed by atoms with Crippen molar-refractivity contribution < 1.29 is 4.39 Å². The van der Waals surface area contributed by atoms with E-state index in [1.165, 1.54) is 22.8 Å². The van der Waals surface area contributed by atoms with Gasteiger partial charge in [-0.25, -0.2) is 4.39 Å². The number of nitrogens with two attached hydrogens (primary N) is 1. The summed E-state index contributed by atoms with van der Waals surface area (Å²) in [6.45, 7) is 7.12. The average molecular weight is 269 g/mol. The van der Waals surface area contributed by atoms with Gasteiger partial charge in [0.15, 0.2) is 0 Å².